The van der Waals surface area contributed by atoms with Crippen LogP contribution in [0.3, 0.4) is 0 Å². The van der Waals surface area contributed by atoms with Crippen molar-refractivity contribution in [1.29, 1.82) is 0 Å². The lowest BCUT2D eigenvalue weighted by atomic mass is 10.0. The van der Waals surface area contributed by atoms with E-state index in [2.05, 4.69) is 20.6 Å². The minimum atomic E-state index is -0.709. The fourth-order valence-corrected chi connectivity index (χ4v) is 1.91. The van der Waals surface area contributed by atoms with Crippen molar-refractivity contribution in [2.45, 2.75) is 0 Å². The summed E-state index contributed by atoms with van der Waals surface area (Å²) in [6.45, 7) is 1.37. The average molecular weight is 260 g/mol. The highest BCUT2D eigenvalue weighted by molar-refractivity contribution is 5.95. The molecule has 2 aromatic rings. The molecule has 1 fully saturated rings. The lowest BCUT2D eigenvalue weighted by Crippen LogP contribution is -2.48. The second-order valence-corrected chi connectivity index (χ2v) is 4.51. The summed E-state index contributed by atoms with van der Waals surface area (Å²) < 4.78 is 0. The van der Waals surface area contributed by atoms with E-state index in [1.54, 1.807) is 18.2 Å². The highest BCUT2D eigenvalue weighted by Gasteiger charge is 2.24. The number of nitrogens with one attached hydrogen (secondary N) is 4. The average Bonchev–Trinajstić information content (AvgIpc) is 2.28. The number of aromatic amines is 2. The van der Waals surface area contributed by atoms with E-state index in [1.807, 2.05) is 0 Å². The number of rotatable bonds is 2. The van der Waals surface area contributed by atoms with E-state index >= 15 is 0 Å². The van der Waals surface area contributed by atoms with Gasteiger partial charge in [-0.2, -0.15) is 0 Å². The molecular formula is C12H12N4O3. The van der Waals surface area contributed by atoms with Crippen LogP contribution in [0.4, 0.5) is 5.69 Å². The SMILES string of the molecule is O=C(Nc1ccc2[nH]c(=O)c(=O)[nH]c2c1)C1CNC1. The van der Waals surface area contributed by atoms with E-state index < -0.39 is 11.1 Å². The maximum absolute atomic E-state index is 11.8. The molecule has 1 aliphatic rings. The Balaban J connectivity index is 1.92. The molecule has 0 unspecified atom stereocenters. The summed E-state index contributed by atoms with van der Waals surface area (Å²) in [5, 5.41) is 5.80. The molecule has 1 aliphatic heterocycles. The van der Waals surface area contributed by atoms with Crippen LogP contribution in [-0.2, 0) is 4.79 Å². The Hall–Kier alpha value is -2.41. The molecule has 2 heterocycles. The number of benzene rings is 1. The number of fused-ring (bicyclic) bond motifs is 1. The molecule has 1 saturated heterocycles. The zero-order chi connectivity index (χ0) is 13.4. The second-order valence-electron chi connectivity index (χ2n) is 4.51. The fraction of sp³-hybridized carbons (Fsp3) is 0.250. The van der Waals surface area contributed by atoms with Gasteiger partial charge in [0.25, 0.3) is 0 Å². The number of H-pyrrole nitrogens is 2. The van der Waals surface area contributed by atoms with Crippen molar-refractivity contribution in [3.63, 3.8) is 0 Å². The number of aromatic nitrogens is 2. The molecule has 98 valence electrons. The van der Waals surface area contributed by atoms with Crippen molar-refractivity contribution in [1.82, 2.24) is 15.3 Å². The van der Waals surface area contributed by atoms with Crippen LogP contribution < -0.4 is 21.8 Å². The Morgan fingerprint density at radius 2 is 1.79 bits per heavy atom. The summed E-state index contributed by atoms with van der Waals surface area (Å²) >= 11 is 0. The van der Waals surface area contributed by atoms with Gasteiger partial charge in [-0.25, -0.2) is 0 Å². The van der Waals surface area contributed by atoms with Crippen LogP contribution in [0, 0.1) is 5.92 Å². The predicted octanol–water partition coefficient (Wildman–Crippen LogP) is -0.626. The molecule has 0 atom stereocenters. The third-order valence-corrected chi connectivity index (χ3v) is 3.14. The van der Waals surface area contributed by atoms with Gasteiger partial charge in [-0.15, -0.1) is 0 Å². The first-order valence-corrected chi connectivity index (χ1v) is 5.91. The van der Waals surface area contributed by atoms with Gasteiger partial charge in [0.2, 0.25) is 5.91 Å². The molecule has 19 heavy (non-hydrogen) atoms. The standard InChI is InChI=1S/C12H12N4O3/c17-10(6-4-13-5-6)14-7-1-2-8-9(3-7)16-12(19)11(18)15-8/h1-3,6,13H,4-5H2,(H,14,17)(H,15,18)(H,16,19). The van der Waals surface area contributed by atoms with Gasteiger partial charge in [-0.1, -0.05) is 0 Å². The Morgan fingerprint density at radius 1 is 1.11 bits per heavy atom. The number of hydrogen-bond donors (Lipinski definition) is 4. The number of carbonyl (C=O) groups excluding carboxylic acids is 1. The highest BCUT2D eigenvalue weighted by Crippen LogP contribution is 2.15. The predicted molar refractivity (Wildman–Crippen MR) is 70.2 cm³/mol. The highest BCUT2D eigenvalue weighted by atomic mass is 16.2. The maximum Gasteiger partial charge on any atom is 0.314 e. The smallest absolute Gasteiger partial charge is 0.314 e. The molecule has 4 N–H and O–H groups in total. The molecule has 0 radical (unpaired) electrons. The van der Waals surface area contributed by atoms with Crippen molar-refractivity contribution in [2.75, 3.05) is 18.4 Å². The monoisotopic (exact) mass is 260 g/mol. The fourth-order valence-electron chi connectivity index (χ4n) is 1.91. The van der Waals surface area contributed by atoms with Gasteiger partial charge in [0, 0.05) is 18.8 Å². The minimum absolute atomic E-state index is 0.00896. The van der Waals surface area contributed by atoms with Crippen molar-refractivity contribution in [3.05, 3.63) is 38.9 Å². The summed E-state index contributed by atoms with van der Waals surface area (Å²) in [6, 6.07) is 4.94. The summed E-state index contributed by atoms with van der Waals surface area (Å²) in [5.74, 6) is -0.0600. The molecule has 3 rings (SSSR count). The Bertz CT molecular complexity index is 757. The van der Waals surface area contributed by atoms with Crippen molar-refractivity contribution in [3.8, 4) is 0 Å². The largest absolute Gasteiger partial charge is 0.326 e. The van der Waals surface area contributed by atoms with E-state index in [0.29, 0.717) is 29.8 Å². The molecule has 1 aromatic carbocycles. The number of anilines is 1. The molecule has 0 bridgehead atoms. The maximum atomic E-state index is 11.8. The summed E-state index contributed by atoms with van der Waals surface area (Å²) in [4.78, 5) is 39.1. The van der Waals surface area contributed by atoms with Crippen molar-refractivity contribution in [2.24, 2.45) is 5.92 Å². The number of carbonyl (C=O) groups is 1. The van der Waals surface area contributed by atoms with Crippen LogP contribution in [0.2, 0.25) is 0 Å². The van der Waals surface area contributed by atoms with E-state index in [-0.39, 0.29) is 11.8 Å². The Morgan fingerprint density at radius 3 is 2.42 bits per heavy atom. The zero-order valence-corrected chi connectivity index (χ0v) is 9.95. The van der Waals surface area contributed by atoms with Crippen molar-refractivity contribution >= 4 is 22.6 Å². The zero-order valence-electron chi connectivity index (χ0n) is 9.95. The van der Waals surface area contributed by atoms with E-state index in [0.717, 1.165) is 0 Å². The molecule has 7 heteroatoms. The first-order valence-electron chi connectivity index (χ1n) is 5.91. The van der Waals surface area contributed by atoms with Crippen LogP contribution in [0.25, 0.3) is 11.0 Å². The summed E-state index contributed by atoms with van der Waals surface area (Å²) in [5.41, 5.74) is 0.193. The van der Waals surface area contributed by atoms with Gasteiger partial charge >= 0.3 is 11.1 Å². The number of hydrogen-bond acceptors (Lipinski definition) is 4. The molecular weight excluding hydrogens is 248 g/mol. The molecule has 0 aliphatic carbocycles. The first-order chi connectivity index (χ1) is 9.13. The van der Waals surface area contributed by atoms with Gasteiger partial charge in [-0.3, -0.25) is 14.4 Å². The molecule has 1 amide bonds. The summed E-state index contributed by atoms with van der Waals surface area (Å²) in [6.07, 6.45) is 0. The lowest BCUT2D eigenvalue weighted by molar-refractivity contribution is -0.121. The van der Waals surface area contributed by atoms with E-state index in [9.17, 15) is 14.4 Å². The lowest BCUT2D eigenvalue weighted by Gasteiger charge is -2.25. The topological polar surface area (TPSA) is 107 Å². The van der Waals surface area contributed by atoms with Gasteiger partial charge < -0.3 is 20.6 Å². The molecule has 1 aromatic heterocycles. The van der Waals surface area contributed by atoms with Gasteiger partial charge in [0.1, 0.15) is 0 Å². The van der Waals surface area contributed by atoms with Gasteiger partial charge in [-0.05, 0) is 18.2 Å². The Kier molecular flexibility index (Phi) is 2.68. The normalized spacial score (nSPS) is 15.2. The number of amides is 1. The quantitative estimate of drug-likeness (QED) is 0.539. The third kappa shape index (κ3) is 2.15. The van der Waals surface area contributed by atoms with Crippen LogP contribution in [0.15, 0.2) is 27.8 Å². The van der Waals surface area contributed by atoms with Crippen LogP contribution in [0.1, 0.15) is 0 Å². The summed E-state index contributed by atoms with van der Waals surface area (Å²) in [7, 11) is 0. The van der Waals surface area contributed by atoms with Gasteiger partial charge in [0.05, 0.1) is 17.0 Å². The first kappa shape index (κ1) is 11.7. The van der Waals surface area contributed by atoms with Crippen LogP contribution in [0.5, 0.6) is 0 Å². The van der Waals surface area contributed by atoms with Crippen LogP contribution in [-0.4, -0.2) is 29.0 Å². The molecule has 0 saturated carbocycles. The minimum Gasteiger partial charge on any atom is -0.326 e. The van der Waals surface area contributed by atoms with Crippen molar-refractivity contribution < 1.29 is 4.79 Å². The third-order valence-electron chi connectivity index (χ3n) is 3.14. The van der Waals surface area contributed by atoms with Crippen LogP contribution >= 0.6 is 0 Å². The second kappa shape index (κ2) is 4.36. The molecule has 0 spiro atoms. The Labute approximate surface area is 107 Å². The van der Waals surface area contributed by atoms with E-state index in [1.165, 1.54) is 0 Å². The van der Waals surface area contributed by atoms with Gasteiger partial charge in [0.15, 0.2) is 0 Å². The molecule has 7 nitrogen and oxygen atoms in total. The van der Waals surface area contributed by atoms with E-state index in [4.69, 9.17) is 0 Å².